The van der Waals surface area contributed by atoms with Crippen LogP contribution in [0.4, 0.5) is 5.69 Å². The summed E-state index contributed by atoms with van der Waals surface area (Å²) in [5, 5.41) is 0. The van der Waals surface area contributed by atoms with Crippen molar-refractivity contribution in [1.29, 1.82) is 0 Å². The van der Waals surface area contributed by atoms with Gasteiger partial charge in [-0.1, -0.05) is 6.42 Å². The van der Waals surface area contributed by atoms with Crippen LogP contribution in [-0.4, -0.2) is 49.1 Å². The highest BCUT2D eigenvalue weighted by Crippen LogP contribution is 2.24. The van der Waals surface area contributed by atoms with Gasteiger partial charge >= 0.3 is 0 Å². The summed E-state index contributed by atoms with van der Waals surface area (Å²) < 4.78 is 5.31. The molecule has 2 heterocycles. The molecule has 21 heavy (non-hydrogen) atoms. The molecule has 2 aliphatic rings. The Balaban J connectivity index is 1.58. The van der Waals surface area contributed by atoms with E-state index in [1.807, 2.05) is 6.07 Å². The molecule has 0 aliphatic carbocycles. The number of benzene rings is 1. The fraction of sp³-hybridized carbons (Fsp3) is 0.647. The number of anilines is 1. The lowest BCUT2D eigenvalue weighted by Gasteiger charge is -2.32. The van der Waals surface area contributed by atoms with E-state index < -0.39 is 0 Å². The third-order valence-electron chi connectivity index (χ3n) is 4.79. The fourth-order valence-corrected chi connectivity index (χ4v) is 3.69. The number of nitrogen functional groups attached to an aromatic ring is 1. The molecule has 2 saturated heterocycles. The Labute approximate surface area is 127 Å². The van der Waals surface area contributed by atoms with E-state index in [0.717, 1.165) is 24.0 Å². The molecule has 0 radical (unpaired) electrons. The van der Waals surface area contributed by atoms with E-state index in [9.17, 15) is 0 Å². The number of piperidine rings is 1. The van der Waals surface area contributed by atoms with Crippen LogP contribution < -0.4 is 10.5 Å². The molecule has 4 nitrogen and oxygen atoms in total. The molecule has 0 aromatic heterocycles. The largest absolute Gasteiger partial charge is 0.497 e. The minimum absolute atomic E-state index is 0.758. The molecule has 3 rings (SSSR count). The highest BCUT2D eigenvalue weighted by atomic mass is 16.5. The molecular formula is C17H27N3O. The maximum absolute atomic E-state index is 5.95. The van der Waals surface area contributed by atoms with Crippen LogP contribution in [-0.2, 0) is 6.54 Å². The van der Waals surface area contributed by atoms with Crippen molar-refractivity contribution < 1.29 is 4.74 Å². The maximum atomic E-state index is 5.95. The summed E-state index contributed by atoms with van der Waals surface area (Å²) in [6, 6.07) is 6.80. The number of nitrogens with zero attached hydrogens (tertiary/aromatic N) is 2. The van der Waals surface area contributed by atoms with Crippen molar-refractivity contribution in [1.82, 2.24) is 9.80 Å². The second-order valence-corrected chi connectivity index (χ2v) is 6.39. The normalized spacial score (nSPS) is 24.3. The van der Waals surface area contributed by atoms with E-state index in [0.29, 0.717) is 0 Å². The lowest BCUT2D eigenvalue weighted by molar-refractivity contribution is 0.161. The summed E-state index contributed by atoms with van der Waals surface area (Å²) in [5.74, 6) is 0.858. The van der Waals surface area contributed by atoms with E-state index in [4.69, 9.17) is 10.5 Å². The quantitative estimate of drug-likeness (QED) is 0.864. The summed E-state index contributed by atoms with van der Waals surface area (Å²) in [6.45, 7) is 5.95. The van der Waals surface area contributed by atoms with Crippen LogP contribution in [0.25, 0.3) is 0 Å². The Morgan fingerprint density at radius 1 is 1.14 bits per heavy atom. The van der Waals surface area contributed by atoms with Crippen LogP contribution in [0, 0.1) is 0 Å². The molecule has 1 aromatic carbocycles. The number of hydrogen-bond donors (Lipinski definition) is 1. The van der Waals surface area contributed by atoms with Gasteiger partial charge in [0.15, 0.2) is 0 Å². The molecule has 2 fully saturated rings. The van der Waals surface area contributed by atoms with Gasteiger partial charge in [0.1, 0.15) is 5.75 Å². The number of methoxy groups -OCH3 is 1. The molecule has 2 aliphatic heterocycles. The van der Waals surface area contributed by atoms with Crippen LogP contribution in [0.3, 0.4) is 0 Å². The summed E-state index contributed by atoms with van der Waals surface area (Å²) in [5.41, 5.74) is 7.99. The number of hydrogen-bond acceptors (Lipinski definition) is 4. The monoisotopic (exact) mass is 289 g/mol. The minimum Gasteiger partial charge on any atom is -0.497 e. The van der Waals surface area contributed by atoms with E-state index >= 15 is 0 Å². The third-order valence-corrected chi connectivity index (χ3v) is 4.79. The van der Waals surface area contributed by atoms with Crippen LogP contribution >= 0.6 is 0 Å². The SMILES string of the molecule is COc1cc(N)cc(CN2CCC(N3CCCCC3)C2)c1. The van der Waals surface area contributed by atoms with Gasteiger partial charge in [0.2, 0.25) is 0 Å². The average molecular weight is 289 g/mol. The summed E-state index contributed by atoms with van der Waals surface area (Å²) in [7, 11) is 1.70. The number of likely N-dealkylation sites (tertiary alicyclic amines) is 2. The van der Waals surface area contributed by atoms with E-state index in [-0.39, 0.29) is 0 Å². The Morgan fingerprint density at radius 3 is 2.71 bits per heavy atom. The van der Waals surface area contributed by atoms with Crippen molar-refractivity contribution in [3.05, 3.63) is 23.8 Å². The lowest BCUT2D eigenvalue weighted by Crippen LogP contribution is -2.40. The molecule has 0 saturated carbocycles. The Hall–Kier alpha value is -1.26. The maximum Gasteiger partial charge on any atom is 0.121 e. The molecule has 0 bridgehead atoms. The van der Waals surface area contributed by atoms with E-state index in [2.05, 4.69) is 21.9 Å². The smallest absolute Gasteiger partial charge is 0.121 e. The highest BCUT2D eigenvalue weighted by molar-refractivity contribution is 5.47. The predicted octanol–water partition coefficient (Wildman–Crippen LogP) is 2.34. The first kappa shape index (κ1) is 14.7. The zero-order valence-electron chi connectivity index (χ0n) is 13.1. The summed E-state index contributed by atoms with van der Waals surface area (Å²) in [4.78, 5) is 5.25. The van der Waals surface area contributed by atoms with Crippen molar-refractivity contribution in [3.8, 4) is 5.75 Å². The third kappa shape index (κ3) is 3.69. The number of ether oxygens (including phenoxy) is 1. The zero-order valence-corrected chi connectivity index (χ0v) is 13.1. The molecule has 1 unspecified atom stereocenters. The molecule has 0 amide bonds. The predicted molar refractivity (Wildman–Crippen MR) is 86.5 cm³/mol. The van der Waals surface area contributed by atoms with Crippen molar-refractivity contribution in [2.24, 2.45) is 0 Å². The van der Waals surface area contributed by atoms with Gasteiger partial charge in [-0.15, -0.1) is 0 Å². The zero-order chi connectivity index (χ0) is 14.7. The molecule has 116 valence electrons. The van der Waals surface area contributed by atoms with Gasteiger partial charge in [0, 0.05) is 37.4 Å². The fourth-order valence-electron chi connectivity index (χ4n) is 3.69. The van der Waals surface area contributed by atoms with Gasteiger partial charge in [0.05, 0.1) is 7.11 Å². The first-order valence-corrected chi connectivity index (χ1v) is 8.14. The van der Waals surface area contributed by atoms with Crippen molar-refractivity contribution >= 4 is 5.69 Å². The lowest BCUT2D eigenvalue weighted by atomic mass is 10.1. The van der Waals surface area contributed by atoms with Gasteiger partial charge in [-0.05, 0) is 50.0 Å². The number of rotatable bonds is 4. The molecule has 1 aromatic rings. The Morgan fingerprint density at radius 2 is 1.95 bits per heavy atom. The molecule has 4 heteroatoms. The van der Waals surface area contributed by atoms with Gasteiger partial charge in [-0.25, -0.2) is 0 Å². The second kappa shape index (κ2) is 6.67. The van der Waals surface area contributed by atoms with Gasteiger partial charge in [-0.3, -0.25) is 9.80 Å². The average Bonchev–Trinajstić information content (AvgIpc) is 2.96. The Kier molecular flexibility index (Phi) is 4.66. The van der Waals surface area contributed by atoms with Crippen LogP contribution in [0.5, 0.6) is 5.75 Å². The van der Waals surface area contributed by atoms with E-state index in [1.54, 1.807) is 7.11 Å². The van der Waals surface area contributed by atoms with Crippen molar-refractivity contribution in [2.45, 2.75) is 38.3 Å². The van der Waals surface area contributed by atoms with Crippen LogP contribution in [0.2, 0.25) is 0 Å². The first-order valence-electron chi connectivity index (χ1n) is 8.14. The Bertz CT molecular complexity index is 471. The number of nitrogens with two attached hydrogens (primary N) is 1. The van der Waals surface area contributed by atoms with Crippen LogP contribution in [0.1, 0.15) is 31.2 Å². The van der Waals surface area contributed by atoms with Gasteiger partial charge < -0.3 is 10.5 Å². The summed E-state index contributed by atoms with van der Waals surface area (Å²) in [6.07, 6.45) is 5.47. The van der Waals surface area contributed by atoms with E-state index in [1.165, 1.54) is 57.4 Å². The summed E-state index contributed by atoms with van der Waals surface area (Å²) >= 11 is 0. The highest BCUT2D eigenvalue weighted by Gasteiger charge is 2.28. The molecule has 2 N–H and O–H groups in total. The molecule has 1 atom stereocenters. The second-order valence-electron chi connectivity index (χ2n) is 6.39. The topological polar surface area (TPSA) is 41.7 Å². The minimum atomic E-state index is 0.758. The van der Waals surface area contributed by atoms with Gasteiger partial charge in [-0.2, -0.15) is 0 Å². The molecular weight excluding hydrogens is 262 g/mol. The van der Waals surface area contributed by atoms with Crippen molar-refractivity contribution in [3.63, 3.8) is 0 Å². The van der Waals surface area contributed by atoms with Crippen molar-refractivity contribution in [2.75, 3.05) is 39.0 Å². The van der Waals surface area contributed by atoms with Gasteiger partial charge in [0.25, 0.3) is 0 Å². The van der Waals surface area contributed by atoms with Crippen LogP contribution in [0.15, 0.2) is 18.2 Å². The first-order chi connectivity index (χ1) is 10.2. The standard InChI is InChI=1S/C17H27N3O/c1-21-17-10-14(9-15(18)11-17)12-19-8-5-16(13-19)20-6-3-2-4-7-20/h9-11,16H,2-8,12-13,18H2,1H3. The molecule has 0 spiro atoms.